The van der Waals surface area contributed by atoms with Crippen molar-refractivity contribution < 1.29 is 38.1 Å². The largest absolute Gasteiger partial charge is 0.494 e. The second-order valence-corrected chi connectivity index (χ2v) is 13.6. The number of nitrogens with one attached hydrogen (secondary N) is 2. The number of ether oxygens (including phenoxy) is 4. The van der Waals surface area contributed by atoms with E-state index in [-0.39, 0.29) is 18.4 Å². The Kier molecular flexibility index (Phi) is 13.0. The maximum absolute atomic E-state index is 12.9. The van der Waals surface area contributed by atoms with Crippen LogP contribution in [0.2, 0.25) is 0 Å². The van der Waals surface area contributed by atoms with Gasteiger partial charge in [0.2, 0.25) is 5.96 Å². The molecular formula is C32H50N4O8. The molecule has 2 rings (SSSR count). The van der Waals surface area contributed by atoms with Gasteiger partial charge in [0, 0.05) is 18.7 Å². The number of hydrogen-bond acceptors (Lipinski definition) is 9. The number of aliphatic imine (C=N–C) groups is 1. The molecular weight excluding hydrogens is 568 g/mol. The van der Waals surface area contributed by atoms with E-state index in [1.54, 1.807) is 74.4 Å². The molecule has 246 valence electrons. The third-order valence-corrected chi connectivity index (χ3v) is 5.82. The molecule has 0 unspecified atom stereocenters. The van der Waals surface area contributed by atoms with Gasteiger partial charge >= 0.3 is 18.2 Å². The fourth-order valence-electron chi connectivity index (χ4n) is 4.14. The number of alkyl carbamates (subject to hydrolysis) is 2. The predicted octanol–water partition coefficient (Wildman–Crippen LogP) is 5.37. The minimum Gasteiger partial charge on any atom is -0.494 e. The Morgan fingerprint density at radius 2 is 1.39 bits per heavy atom. The SMILES string of the molecule is CC(C)(C)OC(=O)CN1CCc2cc(OCCCCCCN=C(NC(=O)OC(C)(C)C)NC(=O)OC(C)(C)C)ccc2C1=O. The summed E-state index contributed by atoms with van der Waals surface area (Å²) in [6.07, 6.45) is 2.50. The highest BCUT2D eigenvalue weighted by molar-refractivity contribution is 6.01. The van der Waals surface area contributed by atoms with Gasteiger partial charge in [-0.15, -0.1) is 0 Å². The first-order chi connectivity index (χ1) is 20.3. The standard InChI is InChI=1S/C32H50N4O8/c1-30(2,3)42-25(37)21-36-18-16-22-20-23(14-15-24(22)26(36)38)41-19-13-11-10-12-17-33-27(34-28(39)43-31(4,5)6)35-29(40)44-32(7,8)9/h14-15,20H,10-13,16-19,21H2,1-9H3,(H2,33,34,35,39,40). The lowest BCUT2D eigenvalue weighted by Gasteiger charge is -2.29. The van der Waals surface area contributed by atoms with Gasteiger partial charge < -0.3 is 23.8 Å². The number of esters is 1. The second kappa shape index (κ2) is 15.8. The van der Waals surface area contributed by atoms with Gasteiger partial charge in [0.15, 0.2) is 0 Å². The summed E-state index contributed by atoms with van der Waals surface area (Å²) in [4.78, 5) is 55.3. The molecule has 1 aromatic carbocycles. The maximum atomic E-state index is 12.9. The summed E-state index contributed by atoms with van der Waals surface area (Å²) >= 11 is 0. The molecule has 12 heteroatoms. The average molecular weight is 619 g/mol. The molecule has 0 bridgehead atoms. The summed E-state index contributed by atoms with van der Waals surface area (Å²) in [7, 11) is 0. The highest BCUT2D eigenvalue weighted by Gasteiger charge is 2.28. The molecule has 1 aliphatic heterocycles. The number of benzene rings is 1. The van der Waals surface area contributed by atoms with Crippen LogP contribution in [0.4, 0.5) is 9.59 Å². The van der Waals surface area contributed by atoms with Gasteiger partial charge in [-0.1, -0.05) is 6.42 Å². The molecule has 0 aromatic heterocycles. The van der Waals surface area contributed by atoms with Crippen molar-refractivity contribution in [1.29, 1.82) is 0 Å². The fourth-order valence-corrected chi connectivity index (χ4v) is 4.14. The molecule has 12 nitrogen and oxygen atoms in total. The van der Waals surface area contributed by atoms with E-state index >= 15 is 0 Å². The monoisotopic (exact) mass is 618 g/mol. The zero-order valence-electron chi connectivity index (χ0n) is 27.8. The Balaban J connectivity index is 1.78. The third-order valence-electron chi connectivity index (χ3n) is 5.82. The molecule has 3 amide bonds. The Morgan fingerprint density at radius 3 is 1.95 bits per heavy atom. The Labute approximate surface area is 261 Å². The van der Waals surface area contributed by atoms with Gasteiger partial charge in [0.1, 0.15) is 29.1 Å². The summed E-state index contributed by atoms with van der Waals surface area (Å²) in [6, 6.07) is 5.42. The van der Waals surface area contributed by atoms with E-state index in [0.717, 1.165) is 31.2 Å². The van der Waals surface area contributed by atoms with Crippen molar-refractivity contribution in [3.8, 4) is 5.75 Å². The highest BCUT2D eigenvalue weighted by Crippen LogP contribution is 2.24. The van der Waals surface area contributed by atoms with Crippen LogP contribution in [0.15, 0.2) is 23.2 Å². The zero-order valence-corrected chi connectivity index (χ0v) is 27.8. The number of nitrogens with zero attached hydrogens (tertiary/aromatic N) is 2. The van der Waals surface area contributed by atoms with Crippen LogP contribution >= 0.6 is 0 Å². The topological polar surface area (TPSA) is 145 Å². The van der Waals surface area contributed by atoms with Crippen molar-refractivity contribution in [3.05, 3.63) is 29.3 Å². The first-order valence-corrected chi connectivity index (χ1v) is 15.1. The number of carbonyl (C=O) groups excluding carboxylic acids is 4. The molecule has 1 aromatic rings. The summed E-state index contributed by atoms with van der Waals surface area (Å²) < 4.78 is 21.8. The molecule has 0 saturated carbocycles. The molecule has 0 aliphatic carbocycles. The van der Waals surface area contributed by atoms with Crippen LogP contribution in [-0.2, 0) is 25.4 Å². The van der Waals surface area contributed by atoms with Gasteiger partial charge in [-0.25, -0.2) is 9.59 Å². The first kappa shape index (κ1) is 36.4. The van der Waals surface area contributed by atoms with Crippen LogP contribution in [0.5, 0.6) is 5.75 Å². The van der Waals surface area contributed by atoms with Crippen LogP contribution in [0.1, 0.15) is 104 Å². The lowest BCUT2D eigenvalue weighted by molar-refractivity contribution is -0.155. The minimum atomic E-state index is -0.728. The van der Waals surface area contributed by atoms with Crippen LogP contribution in [0.3, 0.4) is 0 Å². The molecule has 0 atom stereocenters. The van der Waals surface area contributed by atoms with E-state index in [1.807, 2.05) is 6.07 Å². The lowest BCUT2D eigenvalue weighted by Crippen LogP contribution is -2.47. The van der Waals surface area contributed by atoms with Crippen LogP contribution in [-0.4, -0.2) is 78.0 Å². The average Bonchev–Trinajstić information content (AvgIpc) is 2.83. The van der Waals surface area contributed by atoms with Crippen LogP contribution in [0, 0.1) is 0 Å². The smallest absolute Gasteiger partial charge is 0.414 e. The summed E-state index contributed by atoms with van der Waals surface area (Å²) in [5, 5.41) is 4.95. The number of carbonyl (C=O) groups is 4. The van der Waals surface area contributed by atoms with E-state index in [9.17, 15) is 19.2 Å². The molecule has 0 radical (unpaired) electrons. The molecule has 2 N–H and O–H groups in total. The number of guanidine groups is 1. The summed E-state index contributed by atoms with van der Waals surface area (Å²) in [6.45, 7) is 17.1. The van der Waals surface area contributed by atoms with E-state index in [0.29, 0.717) is 37.4 Å². The van der Waals surface area contributed by atoms with Crippen molar-refractivity contribution in [2.45, 2.75) is 111 Å². The Hall–Kier alpha value is -3.83. The fraction of sp³-hybridized carbons (Fsp3) is 0.656. The summed E-state index contributed by atoms with van der Waals surface area (Å²) in [5.74, 6) is 0.0667. The number of hydrogen-bond donors (Lipinski definition) is 2. The molecule has 0 fully saturated rings. The zero-order chi connectivity index (χ0) is 33.1. The Bertz CT molecular complexity index is 1160. The Morgan fingerprint density at radius 1 is 0.818 bits per heavy atom. The first-order valence-electron chi connectivity index (χ1n) is 15.1. The van der Waals surface area contributed by atoms with Gasteiger partial charge in [0.25, 0.3) is 5.91 Å². The molecule has 0 spiro atoms. The van der Waals surface area contributed by atoms with Gasteiger partial charge in [-0.3, -0.25) is 25.2 Å². The third kappa shape index (κ3) is 14.6. The van der Waals surface area contributed by atoms with Gasteiger partial charge in [0.05, 0.1) is 6.61 Å². The number of unbranched alkanes of at least 4 members (excludes halogenated alkanes) is 3. The minimum absolute atomic E-state index is 0.0318. The van der Waals surface area contributed by atoms with Crippen molar-refractivity contribution in [2.24, 2.45) is 4.99 Å². The highest BCUT2D eigenvalue weighted by atomic mass is 16.6. The van der Waals surface area contributed by atoms with Gasteiger partial charge in [-0.2, -0.15) is 0 Å². The number of fused-ring (bicyclic) bond motifs is 1. The van der Waals surface area contributed by atoms with Crippen molar-refractivity contribution in [2.75, 3.05) is 26.2 Å². The van der Waals surface area contributed by atoms with Gasteiger partial charge in [-0.05, 0) is 112 Å². The van der Waals surface area contributed by atoms with Crippen molar-refractivity contribution in [1.82, 2.24) is 15.5 Å². The van der Waals surface area contributed by atoms with Crippen LogP contribution < -0.4 is 15.4 Å². The number of amides is 3. The number of rotatable bonds is 10. The lowest BCUT2D eigenvalue weighted by atomic mass is 9.98. The van der Waals surface area contributed by atoms with E-state index in [1.165, 1.54) is 4.90 Å². The predicted molar refractivity (Wildman–Crippen MR) is 167 cm³/mol. The van der Waals surface area contributed by atoms with E-state index < -0.39 is 35.0 Å². The van der Waals surface area contributed by atoms with E-state index in [4.69, 9.17) is 18.9 Å². The van der Waals surface area contributed by atoms with Crippen molar-refractivity contribution in [3.63, 3.8) is 0 Å². The maximum Gasteiger partial charge on any atom is 0.414 e. The van der Waals surface area contributed by atoms with E-state index in [2.05, 4.69) is 15.6 Å². The molecule has 1 aliphatic rings. The molecule has 0 saturated heterocycles. The second-order valence-electron chi connectivity index (χ2n) is 13.6. The molecule has 44 heavy (non-hydrogen) atoms. The molecule has 1 heterocycles. The quantitative estimate of drug-likeness (QED) is 0.117. The normalized spacial score (nSPS) is 13.4. The summed E-state index contributed by atoms with van der Waals surface area (Å²) in [5.41, 5.74) is -0.524. The van der Waals surface area contributed by atoms with Crippen molar-refractivity contribution >= 4 is 30.0 Å². The van der Waals surface area contributed by atoms with Crippen LogP contribution in [0.25, 0.3) is 0 Å².